The van der Waals surface area contributed by atoms with Gasteiger partial charge in [-0.05, 0) is 36.0 Å². The van der Waals surface area contributed by atoms with Crippen molar-refractivity contribution in [3.8, 4) is 0 Å². The molecule has 2 N–H and O–H groups in total. The van der Waals surface area contributed by atoms with Gasteiger partial charge in [0, 0.05) is 6.54 Å². The SMILES string of the molecule is CC(C)CNC(=O)NC1CCc2c1ccc(Cl)c2Cl. The van der Waals surface area contributed by atoms with E-state index in [2.05, 4.69) is 24.5 Å². The van der Waals surface area contributed by atoms with Gasteiger partial charge in [-0.1, -0.05) is 43.1 Å². The molecule has 1 atom stereocenters. The molecule has 1 aromatic rings. The molecule has 1 aromatic carbocycles. The minimum Gasteiger partial charge on any atom is -0.338 e. The molecule has 19 heavy (non-hydrogen) atoms. The minimum atomic E-state index is -0.127. The van der Waals surface area contributed by atoms with Gasteiger partial charge >= 0.3 is 6.03 Å². The summed E-state index contributed by atoms with van der Waals surface area (Å²) in [7, 11) is 0. The van der Waals surface area contributed by atoms with Crippen LogP contribution >= 0.6 is 23.2 Å². The Bertz CT molecular complexity index is 489. The van der Waals surface area contributed by atoms with Crippen LogP contribution in [-0.4, -0.2) is 12.6 Å². The first-order valence-corrected chi connectivity index (χ1v) is 7.25. The predicted molar refractivity (Wildman–Crippen MR) is 78.9 cm³/mol. The maximum Gasteiger partial charge on any atom is 0.315 e. The Morgan fingerprint density at radius 1 is 1.42 bits per heavy atom. The fourth-order valence-corrected chi connectivity index (χ4v) is 2.73. The second kappa shape index (κ2) is 6.02. The minimum absolute atomic E-state index is 0.0249. The summed E-state index contributed by atoms with van der Waals surface area (Å²) in [5, 5.41) is 7.03. The van der Waals surface area contributed by atoms with Gasteiger partial charge in [-0.15, -0.1) is 0 Å². The van der Waals surface area contributed by atoms with Crippen LogP contribution in [0.4, 0.5) is 4.79 Å². The molecule has 0 saturated carbocycles. The first kappa shape index (κ1) is 14.5. The van der Waals surface area contributed by atoms with Gasteiger partial charge in [-0.3, -0.25) is 0 Å². The van der Waals surface area contributed by atoms with E-state index in [1.165, 1.54) is 0 Å². The van der Waals surface area contributed by atoms with Crippen LogP contribution in [0.15, 0.2) is 12.1 Å². The maximum absolute atomic E-state index is 11.8. The summed E-state index contributed by atoms with van der Waals surface area (Å²) in [6.45, 7) is 4.80. The van der Waals surface area contributed by atoms with Crippen LogP contribution in [0.5, 0.6) is 0 Å². The third-order valence-corrected chi connectivity index (χ3v) is 4.11. The van der Waals surface area contributed by atoms with Crippen molar-refractivity contribution in [1.29, 1.82) is 0 Å². The van der Waals surface area contributed by atoms with Gasteiger partial charge in [0.25, 0.3) is 0 Å². The molecule has 1 unspecified atom stereocenters. The van der Waals surface area contributed by atoms with Crippen LogP contribution in [0.1, 0.15) is 37.4 Å². The van der Waals surface area contributed by atoms with E-state index in [1.807, 2.05) is 6.07 Å². The number of hydrogen-bond donors (Lipinski definition) is 2. The Labute approximate surface area is 123 Å². The molecule has 0 bridgehead atoms. The monoisotopic (exact) mass is 300 g/mol. The molecular formula is C14H18Cl2N2O. The fraction of sp³-hybridized carbons (Fsp3) is 0.500. The summed E-state index contributed by atoms with van der Waals surface area (Å²) in [4.78, 5) is 11.8. The first-order valence-electron chi connectivity index (χ1n) is 6.50. The average Bonchev–Trinajstić information content (AvgIpc) is 2.75. The summed E-state index contributed by atoms with van der Waals surface area (Å²) in [5.74, 6) is 0.440. The van der Waals surface area contributed by atoms with Crippen molar-refractivity contribution in [2.45, 2.75) is 32.7 Å². The molecule has 0 heterocycles. The fourth-order valence-electron chi connectivity index (χ4n) is 2.29. The van der Waals surface area contributed by atoms with Gasteiger partial charge in [0.05, 0.1) is 16.1 Å². The topological polar surface area (TPSA) is 41.1 Å². The van der Waals surface area contributed by atoms with Crippen LogP contribution in [0.25, 0.3) is 0 Å². The zero-order valence-corrected chi connectivity index (χ0v) is 12.6. The zero-order chi connectivity index (χ0) is 14.0. The van der Waals surface area contributed by atoms with Crippen LogP contribution < -0.4 is 10.6 Å². The highest BCUT2D eigenvalue weighted by Crippen LogP contribution is 2.38. The number of urea groups is 1. The normalized spacial score (nSPS) is 17.4. The van der Waals surface area contributed by atoms with Crippen LogP contribution in [0, 0.1) is 5.92 Å². The lowest BCUT2D eigenvalue weighted by molar-refractivity contribution is 0.235. The number of rotatable bonds is 3. The molecule has 2 rings (SSSR count). The number of hydrogen-bond acceptors (Lipinski definition) is 1. The summed E-state index contributed by atoms with van der Waals surface area (Å²) >= 11 is 12.2. The smallest absolute Gasteiger partial charge is 0.315 e. The van der Waals surface area contributed by atoms with Crippen molar-refractivity contribution in [3.05, 3.63) is 33.3 Å². The molecule has 1 aliphatic carbocycles. The molecule has 2 amide bonds. The first-order chi connectivity index (χ1) is 8.99. The standard InChI is InChI=1S/C14H18Cl2N2O/c1-8(2)7-17-14(19)18-12-6-4-10-9(12)3-5-11(15)13(10)16/h3,5,8,12H,4,6-7H2,1-2H3,(H2,17,18,19). The van der Waals surface area contributed by atoms with Gasteiger partial charge < -0.3 is 10.6 Å². The quantitative estimate of drug-likeness (QED) is 0.872. The Hall–Kier alpha value is -0.930. The third-order valence-electron chi connectivity index (χ3n) is 3.27. The highest BCUT2D eigenvalue weighted by molar-refractivity contribution is 6.42. The van der Waals surface area contributed by atoms with Crippen LogP contribution in [-0.2, 0) is 6.42 Å². The van der Waals surface area contributed by atoms with E-state index >= 15 is 0 Å². The summed E-state index contributed by atoms with van der Waals surface area (Å²) in [6.07, 6.45) is 1.72. The summed E-state index contributed by atoms with van der Waals surface area (Å²) in [6, 6.07) is 3.63. The molecule has 1 aliphatic rings. The van der Waals surface area contributed by atoms with Gasteiger partial charge in [0.1, 0.15) is 0 Å². The van der Waals surface area contributed by atoms with Crippen molar-refractivity contribution in [2.24, 2.45) is 5.92 Å². The van der Waals surface area contributed by atoms with E-state index in [9.17, 15) is 4.79 Å². The van der Waals surface area contributed by atoms with E-state index < -0.39 is 0 Å². The molecule has 0 spiro atoms. The second-order valence-corrected chi connectivity index (χ2v) is 6.05. The third kappa shape index (κ3) is 3.34. The van der Waals surface area contributed by atoms with Crippen LogP contribution in [0.3, 0.4) is 0 Å². The number of nitrogens with one attached hydrogen (secondary N) is 2. The lowest BCUT2D eigenvalue weighted by atomic mass is 10.1. The van der Waals surface area contributed by atoms with Crippen molar-refractivity contribution in [3.63, 3.8) is 0 Å². The van der Waals surface area contributed by atoms with E-state index in [0.717, 1.165) is 24.0 Å². The number of benzene rings is 1. The molecule has 0 aliphatic heterocycles. The van der Waals surface area contributed by atoms with Gasteiger partial charge in [0.2, 0.25) is 0 Å². The highest BCUT2D eigenvalue weighted by atomic mass is 35.5. The number of amides is 2. The highest BCUT2D eigenvalue weighted by Gasteiger charge is 2.26. The van der Waals surface area contributed by atoms with Crippen molar-refractivity contribution >= 4 is 29.2 Å². The van der Waals surface area contributed by atoms with Crippen molar-refractivity contribution < 1.29 is 4.79 Å². The Morgan fingerprint density at radius 2 is 2.16 bits per heavy atom. The molecule has 0 fully saturated rings. The predicted octanol–water partition coefficient (Wildman–Crippen LogP) is 3.94. The molecule has 5 heteroatoms. The second-order valence-electron chi connectivity index (χ2n) is 5.27. The number of fused-ring (bicyclic) bond motifs is 1. The molecule has 0 radical (unpaired) electrons. The molecule has 104 valence electrons. The van der Waals surface area contributed by atoms with E-state index in [0.29, 0.717) is 22.5 Å². The van der Waals surface area contributed by atoms with Crippen molar-refractivity contribution in [1.82, 2.24) is 10.6 Å². The Kier molecular flexibility index (Phi) is 4.58. The molecule has 0 aromatic heterocycles. The maximum atomic E-state index is 11.8. The average molecular weight is 301 g/mol. The van der Waals surface area contributed by atoms with Gasteiger partial charge in [-0.25, -0.2) is 4.79 Å². The van der Waals surface area contributed by atoms with E-state index in [-0.39, 0.29) is 12.1 Å². The summed E-state index contributed by atoms with van der Waals surface area (Å²) < 4.78 is 0. The van der Waals surface area contributed by atoms with Crippen LogP contribution in [0.2, 0.25) is 10.0 Å². The summed E-state index contributed by atoms with van der Waals surface area (Å²) in [5.41, 5.74) is 2.14. The van der Waals surface area contributed by atoms with Crippen molar-refractivity contribution in [2.75, 3.05) is 6.54 Å². The molecular weight excluding hydrogens is 283 g/mol. The van der Waals surface area contributed by atoms with E-state index in [1.54, 1.807) is 6.07 Å². The number of carbonyl (C=O) groups is 1. The largest absolute Gasteiger partial charge is 0.338 e. The molecule has 0 saturated heterocycles. The van der Waals surface area contributed by atoms with E-state index in [4.69, 9.17) is 23.2 Å². The number of carbonyl (C=O) groups excluding carboxylic acids is 1. The zero-order valence-electron chi connectivity index (χ0n) is 11.1. The molecule has 3 nitrogen and oxygen atoms in total. The number of halogens is 2. The Balaban J connectivity index is 2.03. The lowest BCUT2D eigenvalue weighted by Gasteiger charge is -2.16. The lowest BCUT2D eigenvalue weighted by Crippen LogP contribution is -2.39. The van der Waals surface area contributed by atoms with Gasteiger partial charge in [-0.2, -0.15) is 0 Å². The van der Waals surface area contributed by atoms with Gasteiger partial charge in [0.15, 0.2) is 0 Å². The Morgan fingerprint density at radius 3 is 2.84 bits per heavy atom.